The average molecular weight is 291 g/mol. The zero-order valence-electron chi connectivity index (χ0n) is 11.8. The van der Waals surface area contributed by atoms with Crippen molar-refractivity contribution in [2.45, 2.75) is 20.3 Å². The molecule has 0 aliphatic rings. The summed E-state index contributed by atoms with van der Waals surface area (Å²) in [6.07, 6.45) is 4.84. The Morgan fingerprint density at radius 3 is 1.80 bits per heavy atom. The molecule has 0 aliphatic heterocycles. The molecule has 2 aromatic rings. The lowest BCUT2D eigenvalue weighted by molar-refractivity contribution is 0.494. The summed E-state index contributed by atoms with van der Waals surface area (Å²) in [6, 6.07) is 11.6. The molecule has 2 rings (SSSR count). The Balaban J connectivity index is 0.000000221. The van der Waals surface area contributed by atoms with Crippen molar-refractivity contribution in [1.82, 2.24) is 9.97 Å². The van der Waals surface area contributed by atoms with Crippen molar-refractivity contribution in [1.29, 1.82) is 0 Å². The van der Waals surface area contributed by atoms with E-state index in [-0.39, 0.29) is 0 Å². The molecule has 1 N–H and O–H groups in total. The van der Waals surface area contributed by atoms with Crippen molar-refractivity contribution in [3.63, 3.8) is 0 Å². The van der Waals surface area contributed by atoms with Gasteiger partial charge in [0.15, 0.2) is 6.16 Å². The minimum atomic E-state index is -1.88. The summed E-state index contributed by atoms with van der Waals surface area (Å²) >= 11 is 0. The molecule has 0 saturated heterocycles. The molecule has 1 atom stereocenters. The zero-order valence-corrected chi connectivity index (χ0v) is 12.7. The van der Waals surface area contributed by atoms with Crippen LogP contribution in [0.2, 0.25) is 0 Å². The molecule has 0 bridgehead atoms. The summed E-state index contributed by atoms with van der Waals surface area (Å²) in [7, 11) is -1.88. The second kappa shape index (κ2) is 9.29. The number of pyridine rings is 2. The fourth-order valence-electron chi connectivity index (χ4n) is 1.40. The van der Waals surface area contributed by atoms with E-state index in [1.54, 1.807) is 12.4 Å². The largest absolute Gasteiger partial charge is 0.505 e. The van der Waals surface area contributed by atoms with Crippen LogP contribution in [0.25, 0.3) is 11.4 Å². The molecular weight excluding hydrogens is 271 g/mol. The van der Waals surface area contributed by atoms with Gasteiger partial charge in [-0.25, -0.2) is 0 Å². The number of hydrogen-bond acceptors (Lipinski definition) is 3. The predicted molar refractivity (Wildman–Crippen MR) is 81.6 cm³/mol. The maximum Gasteiger partial charge on any atom is 0.505 e. The molecule has 0 spiro atoms. The van der Waals surface area contributed by atoms with Crippen LogP contribution in [0.1, 0.15) is 20.3 Å². The number of nitrogens with zero attached hydrogens (tertiary/aromatic N) is 2. The van der Waals surface area contributed by atoms with Gasteiger partial charge in [-0.1, -0.05) is 26.0 Å². The molecule has 106 valence electrons. The Hall–Kier alpha value is -1.64. The first-order valence-electron chi connectivity index (χ1n) is 6.55. The van der Waals surface area contributed by atoms with Crippen LogP contribution in [0.5, 0.6) is 0 Å². The highest BCUT2D eigenvalue weighted by Crippen LogP contribution is 2.16. The van der Waals surface area contributed by atoms with Crippen molar-refractivity contribution in [3.8, 4) is 11.4 Å². The Morgan fingerprint density at radius 1 is 1.05 bits per heavy atom. The highest BCUT2D eigenvalue weighted by molar-refractivity contribution is 7.37. The van der Waals surface area contributed by atoms with E-state index in [0.29, 0.717) is 12.1 Å². The second-order valence-electron chi connectivity index (χ2n) is 4.69. The first kappa shape index (κ1) is 16.4. The van der Waals surface area contributed by atoms with Crippen LogP contribution < -0.4 is 0 Å². The topological polar surface area (TPSA) is 63.1 Å². The Kier molecular flexibility index (Phi) is 7.63. The van der Waals surface area contributed by atoms with Crippen molar-refractivity contribution in [2.75, 3.05) is 6.16 Å². The third kappa shape index (κ3) is 7.07. The van der Waals surface area contributed by atoms with E-state index in [1.807, 2.05) is 50.2 Å². The number of aromatic nitrogens is 2. The minimum Gasteiger partial charge on any atom is -0.255 e. The van der Waals surface area contributed by atoms with Gasteiger partial charge in [0.05, 0.1) is 11.4 Å². The Labute approximate surface area is 120 Å². The summed E-state index contributed by atoms with van der Waals surface area (Å²) in [4.78, 5) is 16.7. The zero-order chi connectivity index (χ0) is 14.8. The van der Waals surface area contributed by atoms with Gasteiger partial charge < -0.3 is 0 Å². The first-order chi connectivity index (χ1) is 9.59. The average Bonchev–Trinajstić information content (AvgIpc) is 2.48. The lowest BCUT2D eigenvalue weighted by atomic mass is 10.2. The van der Waals surface area contributed by atoms with Crippen LogP contribution in [0, 0.1) is 5.92 Å². The summed E-state index contributed by atoms with van der Waals surface area (Å²) < 4.78 is 10.1. The van der Waals surface area contributed by atoms with Crippen molar-refractivity contribution in [2.24, 2.45) is 5.92 Å². The molecule has 2 aromatic heterocycles. The number of rotatable bonds is 4. The molecule has 0 aromatic carbocycles. The van der Waals surface area contributed by atoms with Gasteiger partial charge in [-0.15, -0.1) is 0 Å². The highest BCUT2D eigenvalue weighted by atomic mass is 31.1. The molecule has 0 saturated carbocycles. The molecule has 0 fully saturated rings. The summed E-state index contributed by atoms with van der Waals surface area (Å²) in [6.45, 7) is 4.08. The normalized spacial score (nSPS) is 10.7. The number of hydrogen-bond donors (Lipinski definition) is 1. The van der Waals surface area contributed by atoms with E-state index in [1.165, 1.54) is 0 Å². The standard InChI is InChI=1S/C10H8N2.C5H11O2P/c1-3-7-11-9(5-1)10-6-2-4-8-12-10;1-5(2)3-4-8(6)7/h1-8H;5H,3-4H2,1-2H3/p+1. The van der Waals surface area contributed by atoms with Crippen molar-refractivity contribution >= 4 is 8.03 Å². The van der Waals surface area contributed by atoms with Crippen molar-refractivity contribution in [3.05, 3.63) is 48.8 Å². The van der Waals surface area contributed by atoms with Gasteiger partial charge in [0.25, 0.3) is 0 Å². The van der Waals surface area contributed by atoms with Gasteiger partial charge >= 0.3 is 8.03 Å². The van der Waals surface area contributed by atoms with E-state index in [0.717, 1.165) is 17.8 Å². The third-order valence-electron chi connectivity index (χ3n) is 2.49. The molecular formula is C15H20N2O2P+. The smallest absolute Gasteiger partial charge is 0.255 e. The minimum absolute atomic E-state index is 0.451. The lowest BCUT2D eigenvalue weighted by Crippen LogP contribution is -1.87. The Morgan fingerprint density at radius 2 is 1.55 bits per heavy atom. The van der Waals surface area contributed by atoms with Crippen LogP contribution in [-0.4, -0.2) is 21.0 Å². The highest BCUT2D eigenvalue weighted by Gasteiger charge is 2.09. The summed E-state index contributed by atoms with van der Waals surface area (Å²) in [5, 5.41) is 0. The van der Waals surface area contributed by atoms with Gasteiger partial charge in [0.1, 0.15) is 0 Å². The predicted octanol–water partition coefficient (Wildman–Crippen LogP) is 3.91. The molecule has 20 heavy (non-hydrogen) atoms. The third-order valence-corrected chi connectivity index (χ3v) is 3.13. The summed E-state index contributed by atoms with van der Waals surface area (Å²) in [5.41, 5.74) is 1.83. The molecule has 5 heteroatoms. The molecule has 1 unspecified atom stereocenters. The molecule has 0 aliphatic carbocycles. The van der Waals surface area contributed by atoms with Crippen LogP contribution in [0.15, 0.2) is 48.8 Å². The molecule has 2 heterocycles. The lowest BCUT2D eigenvalue weighted by Gasteiger charge is -1.96. The maximum atomic E-state index is 10.1. The van der Waals surface area contributed by atoms with E-state index in [4.69, 9.17) is 4.89 Å². The van der Waals surface area contributed by atoms with Gasteiger partial charge in [0, 0.05) is 12.4 Å². The van der Waals surface area contributed by atoms with E-state index < -0.39 is 8.03 Å². The van der Waals surface area contributed by atoms with Gasteiger partial charge in [0.2, 0.25) is 0 Å². The van der Waals surface area contributed by atoms with Gasteiger partial charge in [-0.2, -0.15) is 4.89 Å². The van der Waals surface area contributed by atoms with Gasteiger partial charge in [-0.05, 0) is 41.2 Å². The molecule has 4 nitrogen and oxygen atoms in total. The van der Waals surface area contributed by atoms with E-state index in [9.17, 15) is 4.57 Å². The van der Waals surface area contributed by atoms with Gasteiger partial charge in [-0.3, -0.25) is 9.97 Å². The first-order valence-corrected chi connectivity index (χ1v) is 7.95. The van der Waals surface area contributed by atoms with E-state index >= 15 is 0 Å². The monoisotopic (exact) mass is 291 g/mol. The Bertz CT molecular complexity index is 466. The fraction of sp³-hybridized carbons (Fsp3) is 0.333. The van der Waals surface area contributed by atoms with E-state index in [2.05, 4.69) is 9.97 Å². The van der Waals surface area contributed by atoms with Crippen LogP contribution in [0.4, 0.5) is 0 Å². The second-order valence-corrected chi connectivity index (χ2v) is 5.84. The maximum absolute atomic E-state index is 10.1. The van der Waals surface area contributed by atoms with Crippen molar-refractivity contribution < 1.29 is 9.46 Å². The fourth-order valence-corrected chi connectivity index (χ4v) is 2.13. The molecule has 0 radical (unpaired) electrons. The molecule has 0 amide bonds. The SMILES string of the molecule is CC(C)CC[P+](=O)O.c1ccc(-c2ccccn2)nc1. The quantitative estimate of drug-likeness (QED) is 0.867. The van der Waals surface area contributed by atoms with Crippen LogP contribution >= 0.6 is 8.03 Å². The van der Waals surface area contributed by atoms with Crippen LogP contribution in [-0.2, 0) is 4.57 Å². The summed E-state index contributed by atoms with van der Waals surface area (Å²) in [5.74, 6) is 0.543. The van der Waals surface area contributed by atoms with Crippen LogP contribution in [0.3, 0.4) is 0 Å².